The van der Waals surface area contributed by atoms with Crippen LogP contribution >= 0.6 is 11.8 Å². The Labute approximate surface area is 87.9 Å². The van der Waals surface area contributed by atoms with Crippen LogP contribution in [0.3, 0.4) is 0 Å². The third-order valence-corrected chi connectivity index (χ3v) is 3.99. The molecule has 0 saturated carbocycles. The third-order valence-electron chi connectivity index (χ3n) is 2.72. The maximum absolute atomic E-state index is 13.0. The molecule has 2 N–H and O–H groups in total. The SMILES string of the molecule is CC(N)C1c2ccc(F)cc2SC1C. The van der Waals surface area contributed by atoms with Crippen LogP contribution in [-0.2, 0) is 0 Å². The van der Waals surface area contributed by atoms with Gasteiger partial charge >= 0.3 is 0 Å². The van der Waals surface area contributed by atoms with Crippen LogP contribution in [0.25, 0.3) is 0 Å². The molecular weight excluding hydrogens is 197 g/mol. The highest BCUT2D eigenvalue weighted by atomic mass is 32.2. The van der Waals surface area contributed by atoms with Crippen molar-refractivity contribution in [1.82, 2.24) is 0 Å². The van der Waals surface area contributed by atoms with Crippen molar-refractivity contribution < 1.29 is 4.39 Å². The lowest BCUT2D eigenvalue weighted by Crippen LogP contribution is -2.28. The molecule has 0 radical (unpaired) electrons. The first-order valence-electron chi connectivity index (χ1n) is 4.81. The highest BCUT2D eigenvalue weighted by Gasteiger charge is 2.32. The summed E-state index contributed by atoms with van der Waals surface area (Å²) in [6.45, 7) is 4.16. The van der Waals surface area contributed by atoms with E-state index < -0.39 is 0 Å². The first-order chi connectivity index (χ1) is 6.59. The molecule has 14 heavy (non-hydrogen) atoms. The lowest BCUT2D eigenvalue weighted by molar-refractivity contribution is 0.564. The smallest absolute Gasteiger partial charge is 0.124 e. The van der Waals surface area contributed by atoms with Crippen LogP contribution in [0.2, 0.25) is 0 Å². The van der Waals surface area contributed by atoms with E-state index in [1.165, 1.54) is 11.6 Å². The highest BCUT2D eigenvalue weighted by Crippen LogP contribution is 2.46. The zero-order chi connectivity index (χ0) is 10.3. The van der Waals surface area contributed by atoms with Crippen LogP contribution < -0.4 is 5.73 Å². The molecule has 1 aromatic carbocycles. The number of halogens is 1. The van der Waals surface area contributed by atoms with E-state index in [2.05, 4.69) is 6.92 Å². The molecule has 1 aliphatic rings. The van der Waals surface area contributed by atoms with Gasteiger partial charge in [0.15, 0.2) is 0 Å². The molecule has 0 amide bonds. The van der Waals surface area contributed by atoms with E-state index in [0.29, 0.717) is 11.2 Å². The molecule has 0 aromatic heterocycles. The Morgan fingerprint density at radius 2 is 2.21 bits per heavy atom. The summed E-state index contributed by atoms with van der Waals surface area (Å²) in [6.07, 6.45) is 0. The predicted molar refractivity (Wildman–Crippen MR) is 58.1 cm³/mol. The second-order valence-corrected chi connectivity index (χ2v) is 5.31. The van der Waals surface area contributed by atoms with E-state index in [1.54, 1.807) is 17.8 Å². The maximum atomic E-state index is 13.0. The monoisotopic (exact) mass is 211 g/mol. The van der Waals surface area contributed by atoms with Gasteiger partial charge in [-0.3, -0.25) is 0 Å². The standard InChI is InChI=1S/C11H14FNS/c1-6(13)11-7(2)14-10-5-8(12)3-4-9(10)11/h3-7,11H,13H2,1-2H3. The zero-order valence-electron chi connectivity index (χ0n) is 8.33. The Morgan fingerprint density at radius 1 is 1.50 bits per heavy atom. The van der Waals surface area contributed by atoms with Crippen LogP contribution in [0, 0.1) is 5.82 Å². The molecule has 0 aliphatic carbocycles. The Hall–Kier alpha value is -0.540. The fourth-order valence-corrected chi connectivity index (χ4v) is 3.59. The maximum Gasteiger partial charge on any atom is 0.124 e. The molecule has 76 valence electrons. The van der Waals surface area contributed by atoms with Gasteiger partial charge in [0.2, 0.25) is 0 Å². The Balaban J connectivity index is 2.42. The molecule has 0 bridgehead atoms. The molecule has 1 aromatic rings. The summed E-state index contributed by atoms with van der Waals surface area (Å²) >= 11 is 1.72. The number of nitrogens with two attached hydrogens (primary N) is 1. The van der Waals surface area contributed by atoms with E-state index in [9.17, 15) is 4.39 Å². The Morgan fingerprint density at radius 3 is 2.86 bits per heavy atom. The minimum atomic E-state index is -0.159. The van der Waals surface area contributed by atoms with Gasteiger partial charge in [-0.05, 0) is 24.6 Å². The van der Waals surface area contributed by atoms with Crippen molar-refractivity contribution in [2.75, 3.05) is 0 Å². The van der Waals surface area contributed by atoms with Gasteiger partial charge in [-0.15, -0.1) is 11.8 Å². The van der Waals surface area contributed by atoms with E-state index in [0.717, 1.165) is 4.90 Å². The molecule has 3 atom stereocenters. The average Bonchev–Trinajstić information content (AvgIpc) is 2.39. The van der Waals surface area contributed by atoms with Crippen molar-refractivity contribution >= 4 is 11.8 Å². The molecule has 0 spiro atoms. The number of fused-ring (bicyclic) bond motifs is 1. The Bertz CT molecular complexity index is 351. The van der Waals surface area contributed by atoms with Crippen LogP contribution in [0.4, 0.5) is 4.39 Å². The van der Waals surface area contributed by atoms with Gasteiger partial charge in [0.25, 0.3) is 0 Å². The first kappa shape index (κ1) is 9.99. The largest absolute Gasteiger partial charge is 0.327 e. The second-order valence-electron chi connectivity index (χ2n) is 3.89. The molecule has 2 rings (SSSR count). The summed E-state index contributed by atoms with van der Waals surface area (Å²) in [5, 5.41) is 0.451. The zero-order valence-corrected chi connectivity index (χ0v) is 9.14. The molecule has 1 heterocycles. The van der Waals surface area contributed by atoms with Crippen molar-refractivity contribution in [3.8, 4) is 0 Å². The summed E-state index contributed by atoms with van der Waals surface area (Å²) in [6, 6.07) is 5.13. The van der Waals surface area contributed by atoms with Crippen LogP contribution in [0.15, 0.2) is 23.1 Å². The summed E-state index contributed by atoms with van der Waals surface area (Å²) in [5.41, 5.74) is 7.14. The van der Waals surface area contributed by atoms with E-state index >= 15 is 0 Å². The normalized spacial score (nSPS) is 27.4. The average molecular weight is 211 g/mol. The van der Waals surface area contributed by atoms with Crippen LogP contribution in [-0.4, -0.2) is 11.3 Å². The summed E-state index contributed by atoms with van der Waals surface area (Å²) in [7, 11) is 0. The molecular formula is C11H14FNS. The molecule has 1 nitrogen and oxygen atoms in total. The van der Waals surface area contributed by atoms with E-state index in [-0.39, 0.29) is 11.9 Å². The fourth-order valence-electron chi connectivity index (χ4n) is 2.12. The van der Waals surface area contributed by atoms with Crippen LogP contribution in [0.1, 0.15) is 25.3 Å². The molecule has 1 aliphatic heterocycles. The van der Waals surface area contributed by atoms with Crippen molar-refractivity contribution in [3.63, 3.8) is 0 Å². The van der Waals surface area contributed by atoms with E-state index in [1.807, 2.05) is 13.0 Å². The first-order valence-corrected chi connectivity index (χ1v) is 5.69. The van der Waals surface area contributed by atoms with Gasteiger partial charge < -0.3 is 5.73 Å². The summed E-state index contributed by atoms with van der Waals surface area (Å²) in [4.78, 5) is 1.06. The molecule has 3 unspecified atom stereocenters. The Kier molecular flexibility index (Phi) is 2.54. The molecule has 0 fully saturated rings. The summed E-state index contributed by atoms with van der Waals surface area (Å²) < 4.78 is 13.0. The quantitative estimate of drug-likeness (QED) is 0.773. The van der Waals surface area contributed by atoms with Gasteiger partial charge in [-0.2, -0.15) is 0 Å². The lowest BCUT2D eigenvalue weighted by Gasteiger charge is -2.19. The predicted octanol–water partition coefficient (Wildman–Crippen LogP) is 2.75. The number of thioether (sulfide) groups is 1. The minimum Gasteiger partial charge on any atom is -0.327 e. The lowest BCUT2D eigenvalue weighted by atomic mass is 9.91. The van der Waals surface area contributed by atoms with Crippen molar-refractivity contribution in [3.05, 3.63) is 29.6 Å². The van der Waals surface area contributed by atoms with Crippen LogP contribution in [0.5, 0.6) is 0 Å². The molecule has 3 heteroatoms. The number of hydrogen-bond donors (Lipinski definition) is 1. The van der Waals surface area contributed by atoms with Gasteiger partial charge in [-0.1, -0.05) is 13.0 Å². The number of benzene rings is 1. The number of hydrogen-bond acceptors (Lipinski definition) is 2. The van der Waals surface area contributed by atoms with Crippen molar-refractivity contribution in [1.29, 1.82) is 0 Å². The van der Waals surface area contributed by atoms with Gasteiger partial charge in [-0.25, -0.2) is 4.39 Å². The van der Waals surface area contributed by atoms with Gasteiger partial charge in [0.05, 0.1) is 0 Å². The molecule has 0 saturated heterocycles. The summed E-state index contributed by atoms with van der Waals surface area (Å²) in [5.74, 6) is 0.198. The minimum absolute atomic E-state index is 0.129. The van der Waals surface area contributed by atoms with Crippen molar-refractivity contribution in [2.24, 2.45) is 5.73 Å². The number of rotatable bonds is 1. The third kappa shape index (κ3) is 1.55. The second kappa shape index (κ2) is 3.55. The van der Waals surface area contributed by atoms with Crippen molar-refractivity contribution in [2.45, 2.75) is 36.0 Å². The van der Waals surface area contributed by atoms with Gasteiger partial charge in [0.1, 0.15) is 5.82 Å². The fraction of sp³-hybridized carbons (Fsp3) is 0.455. The topological polar surface area (TPSA) is 26.0 Å². The highest BCUT2D eigenvalue weighted by molar-refractivity contribution is 8.00. The van der Waals surface area contributed by atoms with E-state index in [4.69, 9.17) is 5.73 Å². The van der Waals surface area contributed by atoms with Gasteiger partial charge in [0, 0.05) is 22.1 Å².